The molecule has 1 heterocycles. The van der Waals surface area contributed by atoms with Crippen LogP contribution in [0.2, 0.25) is 0 Å². The van der Waals surface area contributed by atoms with Crippen LogP contribution in [0.4, 0.5) is 0 Å². The van der Waals surface area contributed by atoms with Gasteiger partial charge in [-0.25, -0.2) is 4.98 Å². The fourth-order valence-corrected chi connectivity index (χ4v) is 2.01. The molecular formula is C14H10BrNO2. The Balaban J connectivity index is 1.79. The van der Waals surface area contributed by atoms with Crippen molar-refractivity contribution in [3.63, 3.8) is 0 Å². The van der Waals surface area contributed by atoms with Crippen LogP contribution in [0.25, 0.3) is 11.1 Å². The summed E-state index contributed by atoms with van der Waals surface area (Å²) in [5.74, 6) is 1.38. The van der Waals surface area contributed by atoms with Crippen molar-refractivity contribution in [3.05, 3.63) is 58.9 Å². The lowest BCUT2D eigenvalue weighted by molar-refractivity contribution is 0.267. The Morgan fingerprint density at radius 3 is 2.78 bits per heavy atom. The van der Waals surface area contributed by atoms with Gasteiger partial charge in [-0.05, 0) is 30.3 Å². The van der Waals surface area contributed by atoms with Crippen LogP contribution >= 0.6 is 15.9 Å². The minimum Gasteiger partial charge on any atom is -0.484 e. The van der Waals surface area contributed by atoms with Gasteiger partial charge in [0.25, 0.3) is 0 Å². The van der Waals surface area contributed by atoms with Crippen molar-refractivity contribution in [1.29, 1.82) is 0 Å². The minimum absolute atomic E-state index is 0.330. The second-order valence-electron chi connectivity index (χ2n) is 3.82. The maximum atomic E-state index is 5.60. The molecule has 0 atom stereocenters. The average molecular weight is 304 g/mol. The first kappa shape index (κ1) is 11.3. The fraction of sp³-hybridized carbons (Fsp3) is 0.0714. The summed E-state index contributed by atoms with van der Waals surface area (Å²) in [5, 5.41) is 0. The highest BCUT2D eigenvalue weighted by atomic mass is 79.9. The lowest BCUT2D eigenvalue weighted by atomic mass is 10.3. The van der Waals surface area contributed by atoms with E-state index in [1.165, 1.54) is 0 Å². The molecule has 0 saturated heterocycles. The van der Waals surface area contributed by atoms with E-state index in [9.17, 15) is 0 Å². The lowest BCUT2D eigenvalue weighted by Gasteiger charge is -2.01. The Hall–Kier alpha value is -1.81. The van der Waals surface area contributed by atoms with Crippen molar-refractivity contribution >= 4 is 27.0 Å². The largest absolute Gasteiger partial charge is 0.484 e. The summed E-state index contributed by atoms with van der Waals surface area (Å²) < 4.78 is 12.2. The number of hydrogen-bond donors (Lipinski definition) is 0. The predicted octanol–water partition coefficient (Wildman–Crippen LogP) is 4.17. The van der Waals surface area contributed by atoms with Gasteiger partial charge in [-0.2, -0.15) is 0 Å². The van der Waals surface area contributed by atoms with E-state index in [4.69, 9.17) is 9.15 Å². The van der Waals surface area contributed by atoms with Gasteiger partial charge in [-0.15, -0.1) is 0 Å². The zero-order valence-corrected chi connectivity index (χ0v) is 11.1. The molecule has 0 bridgehead atoms. The first-order chi connectivity index (χ1) is 8.81. The van der Waals surface area contributed by atoms with Crippen LogP contribution in [0, 0.1) is 0 Å². The summed E-state index contributed by atoms with van der Waals surface area (Å²) >= 11 is 3.40. The van der Waals surface area contributed by atoms with Crippen LogP contribution in [0.15, 0.2) is 57.4 Å². The quantitative estimate of drug-likeness (QED) is 0.728. The van der Waals surface area contributed by atoms with Crippen LogP contribution in [-0.2, 0) is 6.61 Å². The first-order valence-electron chi connectivity index (χ1n) is 5.54. The summed E-state index contributed by atoms with van der Waals surface area (Å²) in [5.41, 5.74) is 1.60. The Labute approximate surface area is 113 Å². The fourth-order valence-electron chi connectivity index (χ4n) is 1.67. The van der Waals surface area contributed by atoms with Crippen LogP contribution in [-0.4, -0.2) is 4.98 Å². The van der Waals surface area contributed by atoms with Crippen molar-refractivity contribution in [2.75, 3.05) is 0 Å². The summed E-state index contributed by atoms with van der Waals surface area (Å²) in [4.78, 5) is 4.36. The van der Waals surface area contributed by atoms with E-state index in [1.807, 2.05) is 48.5 Å². The molecular weight excluding hydrogens is 294 g/mol. The smallest absolute Gasteiger partial charge is 0.233 e. The van der Waals surface area contributed by atoms with Crippen LogP contribution in [0.1, 0.15) is 5.89 Å². The Kier molecular flexibility index (Phi) is 3.02. The van der Waals surface area contributed by atoms with E-state index in [1.54, 1.807) is 0 Å². The van der Waals surface area contributed by atoms with E-state index in [2.05, 4.69) is 20.9 Å². The molecule has 0 aliphatic heterocycles. The van der Waals surface area contributed by atoms with Gasteiger partial charge in [-0.1, -0.05) is 34.1 Å². The molecule has 0 saturated carbocycles. The molecule has 0 N–H and O–H groups in total. The summed E-state index contributed by atoms with van der Waals surface area (Å²) in [6.07, 6.45) is 0. The van der Waals surface area contributed by atoms with Crippen molar-refractivity contribution in [3.8, 4) is 5.75 Å². The highest BCUT2D eigenvalue weighted by molar-refractivity contribution is 9.10. The number of benzene rings is 2. The second kappa shape index (κ2) is 4.82. The molecule has 0 fully saturated rings. The number of hydrogen-bond acceptors (Lipinski definition) is 3. The number of ether oxygens (including phenoxy) is 1. The molecule has 4 heteroatoms. The van der Waals surface area contributed by atoms with Gasteiger partial charge < -0.3 is 9.15 Å². The number of nitrogens with zero attached hydrogens (tertiary/aromatic N) is 1. The van der Waals surface area contributed by atoms with Crippen molar-refractivity contribution in [2.24, 2.45) is 0 Å². The SMILES string of the molecule is Brc1ccc2nc(COc3ccccc3)oc2c1. The molecule has 2 aromatic carbocycles. The van der Waals surface area contributed by atoms with Gasteiger partial charge in [0.05, 0.1) is 0 Å². The van der Waals surface area contributed by atoms with Gasteiger partial charge >= 0.3 is 0 Å². The van der Waals surface area contributed by atoms with Gasteiger partial charge in [0.2, 0.25) is 5.89 Å². The average Bonchev–Trinajstić information content (AvgIpc) is 2.79. The molecule has 90 valence electrons. The van der Waals surface area contributed by atoms with E-state index < -0.39 is 0 Å². The van der Waals surface area contributed by atoms with Gasteiger partial charge in [0.15, 0.2) is 12.2 Å². The summed E-state index contributed by atoms with van der Waals surface area (Å²) in [7, 11) is 0. The topological polar surface area (TPSA) is 35.3 Å². The normalized spacial score (nSPS) is 10.7. The van der Waals surface area contributed by atoms with E-state index in [0.717, 1.165) is 21.3 Å². The summed E-state index contributed by atoms with van der Waals surface area (Å²) in [6.45, 7) is 0.330. The van der Waals surface area contributed by atoms with Gasteiger partial charge in [-0.3, -0.25) is 0 Å². The number of aromatic nitrogens is 1. The molecule has 3 aromatic rings. The highest BCUT2D eigenvalue weighted by Gasteiger charge is 2.06. The van der Waals surface area contributed by atoms with Crippen LogP contribution < -0.4 is 4.74 Å². The lowest BCUT2D eigenvalue weighted by Crippen LogP contribution is -1.94. The van der Waals surface area contributed by atoms with Crippen molar-refractivity contribution < 1.29 is 9.15 Å². The third kappa shape index (κ3) is 2.38. The third-order valence-electron chi connectivity index (χ3n) is 2.50. The van der Waals surface area contributed by atoms with Crippen molar-refractivity contribution in [1.82, 2.24) is 4.98 Å². The molecule has 0 radical (unpaired) electrons. The highest BCUT2D eigenvalue weighted by Crippen LogP contribution is 2.21. The Morgan fingerprint density at radius 1 is 1.11 bits per heavy atom. The van der Waals surface area contributed by atoms with Gasteiger partial charge in [0, 0.05) is 4.47 Å². The predicted molar refractivity (Wildman–Crippen MR) is 72.5 cm³/mol. The van der Waals surface area contributed by atoms with Crippen molar-refractivity contribution in [2.45, 2.75) is 6.61 Å². The number of fused-ring (bicyclic) bond motifs is 1. The number of oxazole rings is 1. The van der Waals surface area contributed by atoms with E-state index in [-0.39, 0.29) is 0 Å². The molecule has 3 nitrogen and oxygen atoms in total. The first-order valence-corrected chi connectivity index (χ1v) is 6.33. The van der Waals surface area contributed by atoms with Crippen LogP contribution in [0.3, 0.4) is 0 Å². The maximum Gasteiger partial charge on any atom is 0.233 e. The maximum absolute atomic E-state index is 5.60. The zero-order valence-electron chi connectivity index (χ0n) is 9.47. The van der Waals surface area contributed by atoms with Gasteiger partial charge in [0.1, 0.15) is 11.3 Å². The molecule has 18 heavy (non-hydrogen) atoms. The molecule has 0 unspecified atom stereocenters. The number of halogens is 1. The standard InChI is InChI=1S/C14H10BrNO2/c15-10-6-7-12-13(8-10)18-14(16-12)9-17-11-4-2-1-3-5-11/h1-8H,9H2. The molecule has 3 rings (SSSR count). The molecule has 0 spiro atoms. The molecule has 0 amide bonds. The van der Waals surface area contributed by atoms with E-state index >= 15 is 0 Å². The van der Waals surface area contributed by atoms with Crippen LogP contribution in [0.5, 0.6) is 5.75 Å². The third-order valence-corrected chi connectivity index (χ3v) is 2.99. The molecule has 0 aliphatic carbocycles. The monoisotopic (exact) mass is 303 g/mol. The summed E-state index contributed by atoms with van der Waals surface area (Å²) in [6, 6.07) is 15.4. The Morgan fingerprint density at radius 2 is 1.94 bits per heavy atom. The number of rotatable bonds is 3. The molecule has 1 aromatic heterocycles. The number of para-hydroxylation sites is 1. The second-order valence-corrected chi connectivity index (χ2v) is 4.74. The Bertz CT molecular complexity index is 664. The van der Waals surface area contributed by atoms with E-state index in [0.29, 0.717) is 12.5 Å². The molecule has 0 aliphatic rings. The zero-order chi connectivity index (χ0) is 12.4. The minimum atomic E-state index is 0.330.